The van der Waals surface area contributed by atoms with Gasteiger partial charge in [-0.25, -0.2) is 8.42 Å². The van der Waals surface area contributed by atoms with Gasteiger partial charge in [0.15, 0.2) is 5.78 Å². The van der Waals surface area contributed by atoms with Crippen molar-refractivity contribution < 1.29 is 13.2 Å². The molecule has 0 amide bonds. The summed E-state index contributed by atoms with van der Waals surface area (Å²) in [5, 5.41) is -0.956. The number of thioether (sulfide) groups is 1. The second-order valence-electron chi connectivity index (χ2n) is 4.31. The fraction of sp³-hybridized carbons (Fsp3) is 0.154. The van der Waals surface area contributed by atoms with E-state index in [-0.39, 0.29) is 5.78 Å². The molecule has 1 aliphatic heterocycles. The Hall–Kier alpha value is -1.04. The molecule has 0 bridgehead atoms. The van der Waals surface area contributed by atoms with Gasteiger partial charge >= 0.3 is 0 Å². The lowest BCUT2D eigenvalue weighted by Crippen LogP contribution is -2.19. The van der Waals surface area contributed by atoms with Crippen molar-refractivity contribution in [1.29, 1.82) is 0 Å². The number of carbonyl (C=O) groups is 1. The molecule has 1 heterocycles. The van der Waals surface area contributed by atoms with E-state index in [9.17, 15) is 13.2 Å². The topological polar surface area (TPSA) is 51.2 Å². The summed E-state index contributed by atoms with van der Waals surface area (Å²) in [6.45, 7) is 0. The van der Waals surface area contributed by atoms with Crippen LogP contribution in [-0.2, 0) is 13.8 Å². The molecule has 6 heteroatoms. The first-order valence-corrected chi connectivity index (χ1v) is 8.81. The highest BCUT2D eigenvalue weighted by atomic mass is 35.7. The zero-order chi connectivity index (χ0) is 13.6. The molecule has 0 N–H and O–H groups in total. The van der Waals surface area contributed by atoms with E-state index in [4.69, 9.17) is 10.7 Å². The van der Waals surface area contributed by atoms with Gasteiger partial charge in [-0.3, -0.25) is 4.79 Å². The number of fused-ring (bicyclic) bond motifs is 1. The van der Waals surface area contributed by atoms with Crippen molar-refractivity contribution in [3.05, 3.63) is 52.5 Å². The third kappa shape index (κ3) is 2.16. The Morgan fingerprint density at radius 3 is 2.74 bits per heavy atom. The van der Waals surface area contributed by atoms with Gasteiger partial charge in [0.2, 0.25) is 9.05 Å². The van der Waals surface area contributed by atoms with Crippen molar-refractivity contribution in [3.8, 4) is 0 Å². The predicted octanol–water partition coefficient (Wildman–Crippen LogP) is 3.19. The summed E-state index contributed by atoms with van der Waals surface area (Å²) in [6, 6.07) is 7.14. The number of rotatable bonds is 1. The number of Topliss-reactive ketones (excluding diaryl/α,β-unsaturated/α-hetero) is 1. The number of carbonyl (C=O) groups excluding carboxylic acids is 1. The Bertz CT molecular complexity index is 732. The average Bonchev–Trinajstić information content (AvgIpc) is 2.35. The second-order valence-corrected chi connectivity index (χ2v) is 8.07. The molecule has 1 aromatic rings. The molecule has 0 saturated heterocycles. The van der Waals surface area contributed by atoms with E-state index in [1.807, 2.05) is 12.1 Å². The SMILES string of the molecule is O=C1CC=CC2=C1Sc1ccccc1C2S(=O)(=O)Cl. The van der Waals surface area contributed by atoms with Crippen molar-refractivity contribution in [2.75, 3.05) is 0 Å². The minimum Gasteiger partial charge on any atom is -0.293 e. The lowest BCUT2D eigenvalue weighted by atomic mass is 9.97. The van der Waals surface area contributed by atoms with Gasteiger partial charge in [-0.1, -0.05) is 42.1 Å². The first-order valence-electron chi connectivity index (χ1n) is 5.62. The maximum atomic E-state index is 11.9. The maximum Gasteiger partial charge on any atom is 0.243 e. The molecule has 19 heavy (non-hydrogen) atoms. The quantitative estimate of drug-likeness (QED) is 0.747. The Labute approximate surface area is 119 Å². The van der Waals surface area contributed by atoms with Gasteiger partial charge in [-0.15, -0.1) is 0 Å². The van der Waals surface area contributed by atoms with Crippen molar-refractivity contribution in [2.45, 2.75) is 16.6 Å². The third-order valence-electron chi connectivity index (χ3n) is 3.09. The molecule has 2 aliphatic rings. The molecule has 0 radical (unpaired) electrons. The molecule has 3 rings (SSSR count). The predicted molar refractivity (Wildman–Crippen MR) is 75.6 cm³/mol. The average molecular weight is 313 g/mol. The molecular formula is C13H9ClO3S2. The summed E-state index contributed by atoms with van der Waals surface area (Å²) in [6.07, 6.45) is 3.69. The van der Waals surface area contributed by atoms with Gasteiger partial charge in [0.05, 0.1) is 4.91 Å². The monoisotopic (exact) mass is 312 g/mol. The lowest BCUT2D eigenvalue weighted by Gasteiger charge is -2.27. The smallest absolute Gasteiger partial charge is 0.243 e. The standard InChI is InChI=1S/C13H9ClO3S2/c14-19(16,17)13-8-4-1-2-7-11(8)18-12-9(13)5-3-6-10(12)15/h1-5,7,13H,6H2. The molecule has 0 fully saturated rings. The Kier molecular flexibility index (Phi) is 3.08. The molecule has 3 nitrogen and oxygen atoms in total. The zero-order valence-electron chi connectivity index (χ0n) is 9.67. The van der Waals surface area contributed by atoms with Crippen LogP contribution in [0.15, 0.2) is 51.8 Å². The molecular weight excluding hydrogens is 304 g/mol. The van der Waals surface area contributed by atoms with Crippen LogP contribution in [0.1, 0.15) is 17.2 Å². The minimum absolute atomic E-state index is 0.0534. The Morgan fingerprint density at radius 2 is 2.00 bits per heavy atom. The molecule has 1 aromatic carbocycles. The van der Waals surface area contributed by atoms with Gasteiger partial charge < -0.3 is 0 Å². The number of ketones is 1. The van der Waals surface area contributed by atoms with E-state index < -0.39 is 14.3 Å². The second kappa shape index (κ2) is 4.51. The number of hydrogen-bond donors (Lipinski definition) is 0. The van der Waals surface area contributed by atoms with Crippen LogP contribution in [0.5, 0.6) is 0 Å². The highest BCUT2D eigenvalue weighted by molar-refractivity contribution is 8.14. The van der Waals surface area contributed by atoms with Gasteiger partial charge in [0, 0.05) is 22.0 Å². The van der Waals surface area contributed by atoms with E-state index in [0.29, 0.717) is 22.5 Å². The summed E-state index contributed by atoms with van der Waals surface area (Å²) < 4.78 is 23.8. The minimum atomic E-state index is -3.84. The third-order valence-corrected chi connectivity index (χ3v) is 5.96. The molecule has 1 atom stereocenters. The van der Waals surface area contributed by atoms with Crippen molar-refractivity contribution in [2.24, 2.45) is 0 Å². The van der Waals surface area contributed by atoms with Crippen LogP contribution in [0.2, 0.25) is 0 Å². The van der Waals surface area contributed by atoms with Crippen LogP contribution in [0, 0.1) is 0 Å². The van der Waals surface area contributed by atoms with Gasteiger partial charge in [0.1, 0.15) is 5.25 Å². The highest BCUT2D eigenvalue weighted by Crippen LogP contribution is 2.49. The summed E-state index contributed by atoms with van der Waals surface area (Å²) >= 11 is 1.32. The van der Waals surface area contributed by atoms with Crippen molar-refractivity contribution in [1.82, 2.24) is 0 Å². The van der Waals surface area contributed by atoms with Gasteiger partial charge in [-0.2, -0.15) is 0 Å². The highest BCUT2D eigenvalue weighted by Gasteiger charge is 2.38. The molecule has 0 aromatic heterocycles. The zero-order valence-corrected chi connectivity index (χ0v) is 12.1. The number of hydrogen-bond acceptors (Lipinski definition) is 4. The van der Waals surface area contributed by atoms with Crippen molar-refractivity contribution >= 4 is 37.3 Å². The summed E-state index contributed by atoms with van der Waals surface area (Å²) in [5.41, 5.74) is 1.13. The van der Waals surface area contributed by atoms with Crippen LogP contribution < -0.4 is 0 Å². The van der Waals surface area contributed by atoms with E-state index in [2.05, 4.69) is 0 Å². The first-order chi connectivity index (χ1) is 8.98. The fourth-order valence-corrected chi connectivity index (χ4v) is 5.22. The molecule has 1 aliphatic carbocycles. The Morgan fingerprint density at radius 1 is 1.26 bits per heavy atom. The lowest BCUT2D eigenvalue weighted by molar-refractivity contribution is -0.114. The van der Waals surface area contributed by atoms with E-state index in [0.717, 1.165) is 4.90 Å². The van der Waals surface area contributed by atoms with Crippen LogP contribution >= 0.6 is 22.4 Å². The largest absolute Gasteiger partial charge is 0.293 e. The van der Waals surface area contributed by atoms with E-state index in [1.54, 1.807) is 24.3 Å². The number of halogens is 1. The van der Waals surface area contributed by atoms with Crippen molar-refractivity contribution in [3.63, 3.8) is 0 Å². The van der Waals surface area contributed by atoms with Crippen LogP contribution in [-0.4, -0.2) is 14.2 Å². The van der Waals surface area contributed by atoms with Crippen LogP contribution in [0.4, 0.5) is 0 Å². The summed E-state index contributed by atoms with van der Waals surface area (Å²) in [5.74, 6) is -0.0534. The molecule has 98 valence electrons. The molecule has 0 saturated carbocycles. The van der Waals surface area contributed by atoms with E-state index >= 15 is 0 Å². The number of benzene rings is 1. The summed E-state index contributed by atoms with van der Waals surface area (Å²) in [4.78, 5) is 13.2. The maximum absolute atomic E-state index is 11.9. The van der Waals surface area contributed by atoms with Crippen LogP contribution in [0.25, 0.3) is 0 Å². The number of allylic oxidation sites excluding steroid dienone is 3. The first kappa shape index (κ1) is 13.0. The molecule has 0 spiro atoms. The fourth-order valence-electron chi connectivity index (χ4n) is 2.32. The Balaban J connectivity index is 2.29. The van der Waals surface area contributed by atoms with Gasteiger partial charge in [0.25, 0.3) is 0 Å². The van der Waals surface area contributed by atoms with E-state index in [1.165, 1.54) is 11.8 Å². The van der Waals surface area contributed by atoms with Crippen LogP contribution in [0.3, 0.4) is 0 Å². The normalized spacial score (nSPS) is 22.2. The molecule has 1 unspecified atom stereocenters. The van der Waals surface area contributed by atoms with Gasteiger partial charge in [-0.05, 0) is 17.2 Å². The summed E-state index contributed by atoms with van der Waals surface area (Å²) in [7, 11) is 1.76.